The Labute approximate surface area is 129 Å². The largest absolute Gasteiger partial charge is 0.465 e. The molecule has 0 aromatic heterocycles. The lowest BCUT2D eigenvalue weighted by molar-refractivity contribution is -0.147. The topological polar surface area (TPSA) is 58.6 Å². The van der Waals surface area contributed by atoms with Gasteiger partial charge in [0.15, 0.2) is 0 Å². The molecule has 5 heteroatoms. The van der Waals surface area contributed by atoms with Crippen molar-refractivity contribution in [1.82, 2.24) is 10.2 Å². The number of hydrogen-bond donors (Lipinski definition) is 1. The van der Waals surface area contributed by atoms with Crippen LogP contribution in [-0.4, -0.2) is 49.1 Å². The lowest BCUT2D eigenvalue weighted by Crippen LogP contribution is -2.48. The Morgan fingerprint density at radius 1 is 1.10 bits per heavy atom. The van der Waals surface area contributed by atoms with E-state index in [0.717, 1.165) is 32.4 Å². The van der Waals surface area contributed by atoms with Crippen molar-refractivity contribution in [2.45, 2.75) is 59.9 Å². The first-order valence-corrected chi connectivity index (χ1v) is 8.19. The molecule has 0 unspecified atom stereocenters. The van der Waals surface area contributed by atoms with Gasteiger partial charge >= 0.3 is 5.97 Å². The Bertz CT molecular complexity index is 302. The molecule has 124 valence electrons. The smallest absolute Gasteiger partial charge is 0.323 e. The molecule has 0 aliphatic rings. The quantitative estimate of drug-likeness (QED) is 0.594. The van der Waals surface area contributed by atoms with Crippen LogP contribution in [0.5, 0.6) is 0 Å². The highest BCUT2D eigenvalue weighted by atomic mass is 16.5. The summed E-state index contributed by atoms with van der Waals surface area (Å²) in [7, 11) is 0. The molecule has 2 atom stereocenters. The Balaban J connectivity index is 4.57. The fourth-order valence-corrected chi connectivity index (χ4v) is 2.19. The lowest BCUT2D eigenvalue weighted by atomic mass is 9.99. The molecule has 0 aromatic carbocycles. The summed E-state index contributed by atoms with van der Waals surface area (Å²) < 4.78 is 5.09. The van der Waals surface area contributed by atoms with Gasteiger partial charge in [-0.2, -0.15) is 0 Å². The maximum atomic E-state index is 12.2. The molecule has 5 nitrogen and oxygen atoms in total. The molecule has 0 aromatic rings. The van der Waals surface area contributed by atoms with Crippen LogP contribution < -0.4 is 5.32 Å². The SMILES string of the molecule is CCCN(CCC)C(=O)CN[C@@H](C(=O)OCC)[C@@H](C)CC. The van der Waals surface area contributed by atoms with Crippen molar-refractivity contribution in [3.05, 3.63) is 0 Å². The van der Waals surface area contributed by atoms with Crippen LogP contribution in [0.3, 0.4) is 0 Å². The molecule has 21 heavy (non-hydrogen) atoms. The summed E-state index contributed by atoms with van der Waals surface area (Å²) in [6.07, 6.45) is 2.75. The predicted molar refractivity (Wildman–Crippen MR) is 85.0 cm³/mol. The maximum Gasteiger partial charge on any atom is 0.323 e. The molecular formula is C16H32N2O3. The minimum Gasteiger partial charge on any atom is -0.465 e. The Kier molecular flexibility index (Phi) is 10.9. The molecule has 0 saturated heterocycles. The van der Waals surface area contributed by atoms with Crippen molar-refractivity contribution in [2.24, 2.45) is 5.92 Å². The van der Waals surface area contributed by atoms with E-state index in [-0.39, 0.29) is 24.3 Å². The zero-order chi connectivity index (χ0) is 16.3. The highest BCUT2D eigenvalue weighted by Crippen LogP contribution is 2.09. The summed E-state index contributed by atoms with van der Waals surface area (Å²) in [4.78, 5) is 26.1. The van der Waals surface area contributed by atoms with Crippen LogP contribution in [0.1, 0.15) is 53.9 Å². The van der Waals surface area contributed by atoms with Gasteiger partial charge in [-0.1, -0.05) is 34.1 Å². The van der Waals surface area contributed by atoms with Gasteiger partial charge in [-0.3, -0.25) is 14.9 Å². The molecule has 0 rings (SSSR count). The number of carbonyl (C=O) groups excluding carboxylic acids is 2. The minimum absolute atomic E-state index is 0.0521. The molecule has 0 heterocycles. The van der Waals surface area contributed by atoms with E-state index in [1.165, 1.54) is 0 Å². The third-order valence-electron chi connectivity index (χ3n) is 3.57. The van der Waals surface area contributed by atoms with Crippen molar-refractivity contribution in [2.75, 3.05) is 26.2 Å². The second-order valence-corrected chi connectivity index (χ2v) is 5.38. The van der Waals surface area contributed by atoms with Gasteiger partial charge in [0.2, 0.25) is 5.91 Å². The van der Waals surface area contributed by atoms with Crippen LogP contribution in [0.2, 0.25) is 0 Å². The van der Waals surface area contributed by atoms with E-state index in [0.29, 0.717) is 6.61 Å². The molecule has 1 N–H and O–H groups in total. The normalized spacial score (nSPS) is 13.6. The summed E-state index contributed by atoms with van der Waals surface area (Å²) in [6.45, 7) is 12.0. The highest BCUT2D eigenvalue weighted by Gasteiger charge is 2.26. The van der Waals surface area contributed by atoms with Gasteiger partial charge in [-0.05, 0) is 25.7 Å². The van der Waals surface area contributed by atoms with E-state index in [1.54, 1.807) is 6.92 Å². The van der Waals surface area contributed by atoms with Crippen LogP contribution in [0, 0.1) is 5.92 Å². The van der Waals surface area contributed by atoms with E-state index in [2.05, 4.69) is 19.2 Å². The van der Waals surface area contributed by atoms with Gasteiger partial charge in [0.25, 0.3) is 0 Å². The van der Waals surface area contributed by atoms with Crippen molar-refractivity contribution < 1.29 is 14.3 Å². The Hall–Kier alpha value is -1.10. The van der Waals surface area contributed by atoms with Gasteiger partial charge in [0.1, 0.15) is 6.04 Å². The fourth-order valence-electron chi connectivity index (χ4n) is 2.19. The number of carbonyl (C=O) groups is 2. The third-order valence-corrected chi connectivity index (χ3v) is 3.57. The molecule has 0 saturated carbocycles. The van der Waals surface area contributed by atoms with Gasteiger partial charge in [-0.15, -0.1) is 0 Å². The van der Waals surface area contributed by atoms with E-state index in [1.807, 2.05) is 18.7 Å². The molecule has 0 spiro atoms. The Morgan fingerprint density at radius 2 is 1.67 bits per heavy atom. The Morgan fingerprint density at radius 3 is 2.10 bits per heavy atom. The van der Waals surface area contributed by atoms with Crippen molar-refractivity contribution >= 4 is 11.9 Å². The van der Waals surface area contributed by atoms with Crippen LogP contribution in [0.4, 0.5) is 0 Å². The number of ether oxygens (including phenoxy) is 1. The average molecular weight is 300 g/mol. The summed E-state index contributed by atoms with van der Waals surface area (Å²) in [5.74, 6) is -0.0730. The second kappa shape index (κ2) is 11.5. The number of rotatable bonds is 11. The van der Waals surface area contributed by atoms with Crippen molar-refractivity contribution in [3.63, 3.8) is 0 Å². The molecule has 0 radical (unpaired) electrons. The van der Waals surface area contributed by atoms with Crippen LogP contribution in [0.25, 0.3) is 0 Å². The molecule has 0 fully saturated rings. The standard InChI is InChI=1S/C16H32N2O3/c1-6-10-18(11-7-2)14(19)12-17-15(13(5)8-3)16(20)21-9-4/h13,15,17H,6-12H2,1-5H3/t13-,15+/m0/s1. The number of hydrogen-bond acceptors (Lipinski definition) is 4. The lowest BCUT2D eigenvalue weighted by Gasteiger charge is -2.25. The first kappa shape index (κ1) is 19.9. The zero-order valence-electron chi connectivity index (χ0n) is 14.3. The molecule has 0 bridgehead atoms. The zero-order valence-corrected chi connectivity index (χ0v) is 14.3. The molecular weight excluding hydrogens is 268 g/mol. The van der Waals surface area contributed by atoms with Crippen LogP contribution in [0.15, 0.2) is 0 Å². The summed E-state index contributed by atoms with van der Waals surface area (Å²) in [5, 5.41) is 3.09. The number of esters is 1. The number of nitrogens with zero attached hydrogens (tertiary/aromatic N) is 1. The second-order valence-electron chi connectivity index (χ2n) is 5.38. The third kappa shape index (κ3) is 7.46. The van der Waals surface area contributed by atoms with Gasteiger partial charge in [0, 0.05) is 13.1 Å². The van der Waals surface area contributed by atoms with E-state index >= 15 is 0 Å². The molecule has 1 amide bonds. The number of nitrogens with one attached hydrogen (secondary N) is 1. The van der Waals surface area contributed by atoms with E-state index < -0.39 is 6.04 Å². The monoisotopic (exact) mass is 300 g/mol. The maximum absolute atomic E-state index is 12.2. The fraction of sp³-hybridized carbons (Fsp3) is 0.875. The minimum atomic E-state index is -0.413. The van der Waals surface area contributed by atoms with Gasteiger partial charge < -0.3 is 9.64 Å². The van der Waals surface area contributed by atoms with Gasteiger partial charge in [-0.25, -0.2) is 0 Å². The first-order chi connectivity index (χ1) is 10.0. The van der Waals surface area contributed by atoms with Crippen molar-refractivity contribution in [1.29, 1.82) is 0 Å². The van der Waals surface area contributed by atoms with Crippen LogP contribution in [-0.2, 0) is 14.3 Å². The summed E-state index contributed by atoms with van der Waals surface area (Å²) in [6, 6.07) is -0.413. The average Bonchev–Trinajstić information content (AvgIpc) is 2.46. The predicted octanol–water partition coefficient (Wildman–Crippen LogP) is 2.20. The van der Waals surface area contributed by atoms with E-state index in [4.69, 9.17) is 4.74 Å². The highest BCUT2D eigenvalue weighted by molar-refractivity contribution is 5.80. The van der Waals surface area contributed by atoms with Crippen molar-refractivity contribution in [3.8, 4) is 0 Å². The van der Waals surface area contributed by atoms with Crippen LogP contribution >= 0.6 is 0 Å². The summed E-state index contributed by atoms with van der Waals surface area (Å²) >= 11 is 0. The van der Waals surface area contributed by atoms with E-state index in [9.17, 15) is 9.59 Å². The van der Waals surface area contributed by atoms with Gasteiger partial charge in [0.05, 0.1) is 13.2 Å². The number of amides is 1. The molecule has 0 aliphatic heterocycles. The first-order valence-electron chi connectivity index (χ1n) is 8.19. The summed E-state index contributed by atoms with van der Waals surface area (Å²) in [5.41, 5.74) is 0. The molecule has 0 aliphatic carbocycles.